The molecule has 0 saturated carbocycles. The minimum atomic E-state index is -4.78. The smallest absolute Gasteiger partial charge is 0.407 e. The van der Waals surface area contributed by atoms with Crippen molar-refractivity contribution in [1.29, 1.82) is 0 Å². The number of carboxylic acids is 1. The summed E-state index contributed by atoms with van der Waals surface area (Å²) in [5.41, 5.74) is 0. The molecule has 0 heterocycles. The first kappa shape index (κ1) is 17.4. The minimum Gasteiger partial charge on any atom is -0.480 e. The highest BCUT2D eigenvalue weighted by Gasteiger charge is 2.31. The van der Waals surface area contributed by atoms with Gasteiger partial charge in [0.05, 0.1) is 6.54 Å². The van der Waals surface area contributed by atoms with E-state index in [0.29, 0.717) is 12.8 Å². The van der Waals surface area contributed by atoms with Crippen molar-refractivity contribution >= 4 is 22.2 Å². The van der Waals surface area contributed by atoms with Gasteiger partial charge in [0.1, 0.15) is 6.10 Å². The second-order valence-electron chi connectivity index (χ2n) is 4.73. The fourth-order valence-electron chi connectivity index (χ4n) is 1.93. The number of nitrogens with one attached hydrogen (secondary N) is 1. The van der Waals surface area contributed by atoms with Crippen LogP contribution in [0.3, 0.4) is 0 Å². The minimum absolute atomic E-state index is 0.288. The molecule has 0 aromatic heterocycles. The van der Waals surface area contributed by atoms with E-state index < -0.39 is 34.0 Å². The van der Waals surface area contributed by atoms with Crippen LogP contribution in [0, 0.1) is 0 Å². The van der Waals surface area contributed by atoms with Gasteiger partial charge in [0, 0.05) is 0 Å². The summed E-state index contributed by atoms with van der Waals surface area (Å²) in [5, 5.41) is 8.62. The van der Waals surface area contributed by atoms with Crippen molar-refractivity contribution in [3.63, 3.8) is 0 Å². The van der Waals surface area contributed by atoms with Gasteiger partial charge in [0.25, 0.3) is 10.1 Å². The molecule has 0 bridgehead atoms. The first-order chi connectivity index (χ1) is 9.80. The summed E-state index contributed by atoms with van der Waals surface area (Å²) < 4.78 is 35.5. The van der Waals surface area contributed by atoms with E-state index in [0.717, 1.165) is 19.3 Å². The lowest BCUT2D eigenvalue weighted by molar-refractivity contribution is -0.136. The molecule has 0 aromatic rings. The van der Waals surface area contributed by atoms with Crippen molar-refractivity contribution in [2.75, 3.05) is 6.54 Å². The highest BCUT2D eigenvalue weighted by Crippen LogP contribution is 2.15. The number of rotatable bonds is 5. The maximum Gasteiger partial charge on any atom is 0.407 e. The lowest BCUT2D eigenvalue weighted by atomic mass is 10.0. The Morgan fingerprint density at radius 1 is 1.29 bits per heavy atom. The van der Waals surface area contributed by atoms with Gasteiger partial charge in [-0.1, -0.05) is 12.2 Å². The third-order valence-electron chi connectivity index (χ3n) is 3.06. The van der Waals surface area contributed by atoms with Gasteiger partial charge in [-0.25, -0.2) is 4.79 Å². The molecule has 0 aliphatic heterocycles. The Hall–Kier alpha value is -1.61. The number of carbonyl (C=O) groups is 2. The number of carbonyl (C=O) groups excluding carboxylic acids is 1. The fourth-order valence-corrected chi connectivity index (χ4v) is 2.48. The van der Waals surface area contributed by atoms with Gasteiger partial charge in [-0.2, -0.15) is 8.42 Å². The van der Waals surface area contributed by atoms with E-state index in [1.807, 2.05) is 6.08 Å². The van der Waals surface area contributed by atoms with Crippen LogP contribution in [0.4, 0.5) is 4.79 Å². The second kappa shape index (κ2) is 7.99. The summed E-state index contributed by atoms with van der Waals surface area (Å²) in [6.07, 6.45) is 6.81. The highest BCUT2D eigenvalue weighted by molar-refractivity contribution is 7.87. The van der Waals surface area contributed by atoms with E-state index in [2.05, 4.69) is 11.4 Å². The summed E-state index contributed by atoms with van der Waals surface area (Å²) in [6, 6.07) is 0. The molecule has 8 nitrogen and oxygen atoms in total. The van der Waals surface area contributed by atoms with Crippen molar-refractivity contribution in [2.24, 2.45) is 0 Å². The molecule has 21 heavy (non-hydrogen) atoms. The number of allylic oxidation sites excluding steroid dienone is 2. The van der Waals surface area contributed by atoms with E-state index in [4.69, 9.17) is 14.4 Å². The molecule has 0 radical (unpaired) electrons. The van der Waals surface area contributed by atoms with E-state index in [1.165, 1.54) is 0 Å². The highest BCUT2D eigenvalue weighted by atomic mass is 32.2. The fraction of sp³-hybridized carbons (Fsp3) is 0.667. The molecular formula is C12H19NO7S. The van der Waals surface area contributed by atoms with Gasteiger partial charge in [-0.3, -0.25) is 9.35 Å². The summed E-state index contributed by atoms with van der Waals surface area (Å²) in [7, 11) is -4.78. The first-order valence-electron chi connectivity index (χ1n) is 6.59. The average Bonchev–Trinajstić information content (AvgIpc) is 2.30. The molecule has 9 heteroatoms. The molecule has 0 saturated heterocycles. The molecule has 120 valence electrons. The summed E-state index contributed by atoms with van der Waals surface area (Å²) in [4.78, 5) is 22.2. The number of aliphatic carboxylic acids is 1. The predicted molar refractivity (Wildman–Crippen MR) is 73.5 cm³/mol. The lowest BCUT2D eigenvalue weighted by Crippen LogP contribution is -2.42. The van der Waals surface area contributed by atoms with Crippen LogP contribution in [0.2, 0.25) is 0 Å². The zero-order valence-electron chi connectivity index (χ0n) is 11.4. The Labute approximate surface area is 122 Å². The maximum absolute atomic E-state index is 11.5. The molecule has 1 rings (SSSR count). The quantitative estimate of drug-likeness (QED) is 0.507. The van der Waals surface area contributed by atoms with Gasteiger partial charge in [0.15, 0.2) is 0 Å². The van der Waals surface area contributed by atoms with Gasteiger partial charge in [-0.05, 0) is 32.1 Å². The van der Waals surface area contributed by atoms with Crippen molar-refractivity contribution < 1.29 is 32.4 Å². The number of ether oxygens (including phenoxy) is 1. The summed E-state index contributed by atoms with van der Waals surface area (Å²) >= 11 is 0. The second-order valence-corrected chi connectivity index (χ2v) is 6.33. The zero-order valence-corrected chi connectivity index (χ0v) is 12.2. The van der Waals surface area contributed by atoms with Gasteiger partial charge < -0.3 is 15.2 Å². The van der Waals surface area contributed by atoms with Crippen LogP contribution in [0.15, 0.2) is 12.2 Å². The molecule has 0 unspecified atom stereocenters. The molecule has 0 aromatic carbocycles. The third kappa shape index (κ3) is 6.58. The van der Waals surface area contributed by atoms with Crippen LogP contribution in [0.1, 0.15) is 32.1 Å². The molecule has 1 amide bonds. The third-order valence-corrected chi connectivity index (χ3v) is 4.15. The van der Waals surface area contributed by atoms with Crippen LogP contribution >= 0.6 is 0 Å². The average molecular weight is 321 g/mol. The number of alkyl carbamates (subject to hydrolysis) is 1. The molecule has 0 fully saturated rings. The topological polar surface area (TPSA) is 130 Å². The number of amides is 1. The summed E-state index contributed by atoms with van der Waals surface area (Å²) in [5.74, 6) is -1.74. The Morgan fingerprint density at radius 2 is 1.95 bits per heavy atom. The Morgan fingerprint density at radius 3 is 2.57 bits per heavy atom. The molecule has 0 spiro atoms. The van der Waals surface area contributed by atoms with Gasteiger partial charge in [-0.15, -0.1) is 0 Å². The molecule has 2 atom stereocenters. The number of hydrogen-bond donors (Lipinski definition) is 3. The van der Waals surface area contributed by atoms with Crippen LogP contribution in [-0.4, -0.2) is 48.0 Å². The van der Waals surface area contributed by atoms with Gasteiger partial charge >= 0.3 is 12.1 Å². The first-order valence-corrected chi connectivity index (χ1v) is 8.09. The molecule has 3 N–H and O–H groups in total. The van der Waals surface area contributed by atoms with Crippen molar-refractivity contribution in [3.8, 4) is 0 Å². The normalized spacial score (nSPS) is 22.4. The van der Waals surface area contributed by atoms with Crippen molar-refractivity contribution in [3.05, 3.63) is 12.2 Å². The van der Waals surface area contributed by atoms with Crippen molar-refractivity contribution in [1.82, 2.24) is 5.32 Å². The van der Waals surface area contributed by atoms with E-state index in [9.17, 15) is 18.0 Å². The largest absolute Gasteiger partial charge is 0.480 e. The van der Waals surface area contributed by atoms with Crippen LogP contribution in [0.25, 0.3) is 0 Å². The summed E-state index contributed by atoms with van der Waals surface area (Å²) in [6.45, 7) is -0.750. The number of carboxylic acid groups (broad SMARTS) is 1. The van der Waals surface area contributed by atoms with E-state index in [-0.39, 0.29) is 6.10 Å². The standard InChI is InChI=1S/C12H19NO7S/c14-11(15)10(21(17,18)19)8-13-12(16)20-9-6-4-2-1-3-5-7-9/h1-2,9-10H,3-8H2,(H,13,16)(H,14,15)(H,17,18,19)/b2-1+/t9-,10-/m0/s1. The van der Waals surface area contributed by atoms with E-state index >= 15 is 0 Å². The predicted octanol–water partition coefficient (Wildman–Crippen LogP) is 0.942. The van der Waals surface area contributed by atoms with Crippen LogP contribution in [-0.2, 0) is 19.6 Å². The van der Waals surface area contributed by atoms with Crippen LogP contribution in [0.5, 0.6) is 0 Å². The molecule has 1 aliphatic rings. The Bertz CT molecular complexity index is 500. The lowest BCUT2D eigenvalue weighted by Gasteiger charge is -2.19. The SMILES string of the molecule is O=C(NC[C@@H](C(=O)O)S(=O)(=O)O)O[C@H]1CC/C=C/CCC1. The zero-order chi connectivity index (χ0) is 15.9. The Kier molecular flexibility index (Phi) is 6.63. The maximum atomic E-state index is 11.5. The molecule has 1 aliphatic carbocycles. The Balaban J connectivity index is 2.45. The monoisotopic (exact) mass is 321 g/mol. The van der Waals surface area contributed by atoms with Crippen molar-refractivity contribution in [2.45, 2.75) is 43.5 Å². The van der Waals surface area contributed by atoms with E-state index in [1.54, 1.807) is 0 Å². The van der Waals surface area contributed by atoms with Crippen LogP contribution < -0.4 is 5.32 Å². The molecular weight excluding hydrogens is 302 g/mol. The number of hydrogen-bond acceptors (Lipinski definition) is 5. The van der Waals surface area contributed by atoms with Gasteiger partial charge in [0.2, 0.25) is 5.25 Å².